The van der Waals surface area contributed by atoms with Gasteiger partial charge in [0, 0.05) is 60.4 Å². The van der Waals surface area contributed by atoms with E-state index in [1.807, 2.05) is 19.1 Å². The summed E-state index contributed by atoms with van der Waals surface area (Å²) < 4.78 is 19.2. The van der Waals surface area contributed by atoms with Crippen LogP contribution in [-0.2, 0) is 38.1 Å². The highest BCUT2D eigenvalue weighted by atomic mass is 16.5. The molecule has 0 saturated carbocycles. The van der Waals surface area contributed by atoms with Crippen molar-refractivity contribution in [1.82, 2.24) is 0 Å². The van der Waals surface area contributed by atoms with Gasteiger partial charge in [-0.2, -0.15) is 0 Å². The van der Waals surface area contributed by atoms with Crippen LogP contribution in [0.4, 0.5) is 0 Å². The maximum Gasteiger partial charge on any atom is 0.302 e. The second-order valence-electron chi connectivity index (χ2n) is 8.75. The number of carbonyl (C=O) groups is 4. The van der Waals surface area contributed by atoms with Gasteiger partial charge in [-0.1, -0.05) is 64.2 Å². The number of carboxylic acids is 1. The average Bonchev–Trinajstić information content (AvgIpc) is 3.78. The van der Waals surface area contributed by atoms with Crippen molar-refractivity contribution >= 4 is 24.2 Å². The molecule has 13 heteroatoms. The minimum absolute atomic E-state index is 0. The average molecular weight is 687 g/mol. The molecule has 47 heavy (non-hydrogen) atoms. The summed E-state index contributed by atoms with van der Waals surface area (Å²) >= 11 is 0. The number of unbranched alkanes of at least 4 members (excludes halogenated alkanes) is 3. The molecule has 0 spiro atoms. The molecule has 13 nitrogen and oxygen atoms in total. The topological polar surface area (TPSA) is 229 Å². The van der Waals surface area contributed by atoms with Crippen LogP contribution in [-0.4, -0.2) is 103 Å². The Balaban J connectivity index is -0.0000000628. The van der Waals surface area contributed by atoms with Gasteiger partial charge in [-0.05, 0) is 58.3 Å². The lowest BCUT2D eigenvalue weighted by Gasteiger charge is -1.98. The number of hydrogen-bond donors (Lipinski definition) is 3. The zero-order chi connectivity index (χ0) is 35.8. The van der Waals surface area contributed by atoms with Crippen LogP contribution in [0.3, 0.4) is 0 Å². The maximum absolute atomic E-state index is 10.2. The first kappa shape index (κ1) is 62.8. The van der Waals surface area contributed by atoms with E-state index in [2.05, 4.69) is 24.8 Å². The predicted octanol–water partition coefficient (Wildman–Crippen LogP) is 4.61. The van der Waals surface area contributed by atoms with E-state index in [4.69, 9.17) is 39.1 Å². The molecule has 0 bridgehead atoms. The van der Waals surface area contributed by atoms with E-state index >= 15 is 0 Å². The van der Waals surface area contributed by atoms with E-state index in [1.54, 1.807) is 12.2 Å². The van der Waals surface area contributed by atoms with Crippen LogP contribution >= 0.6 is 0 Å². The van der Waals surface area contributed by atoms with Gasteiger partial charge in [-0.3, -0.25) is 14.4 Å². The largest absolute Gasteiger partial charge is 0.481 e. The number of rotatable bonds is 11. The minimum atomic E-state index is -0.833. The van der Waals surface area contributed by atoms with Gasteiger partial charge in [-0.15, -0.1) is 0 Å². The molecule has 0 aromatic carbocycles. The number of aliphatic hydroxyl groups is 2. The normalized spacial score (nSPS) is 11.1. The summed E-state index contributed by atoms with van der Waals surface area (Å²) in [6.07, 6.45) is 18.7. The molecule has 0 amide bonds. The van der Waals surface area contributed by atoms with Crippen LogP contribution in [0.25, 0.3) is 0 Å². The monoisotopic (exact) mass is 686 g/mol. The first-order valence-corrected chi connectivity index (χ1v) is 15.6. The number of aldehydes is 1. The third kappa shape index (κ3) is 137. The number of aliphatic hydroxyl groups excluding tert-OH is 2. The minimum Gasteiger partial charge on any atom is -0.481 e. The third-order valence-electron chi connectivity index (χ3n) is 4.23. The number of aliphatic carboxylic acids is 1. The van der Waals surface area contributed by atoms with Crippen LogP contribution in [0.15, 0.2) is 37.5 Å². The molecule has 284 valence electrons. The molecule has 7 N–H and O–H groups in total. The molecule has 0 unspecified atom stereocenters. The highest BCUT2D eigenvalue weighted by molar-refractivity contribution is 5.66. The summed E-state index contributed by atoms with van der Waals surface area (Å²) in [6, 6.07) is 0. The number of allylic oxidation sites excluding steroid dienone is 3. The zero-order valence-electron chi connectivity index (χ0n) is 30.1. The summed E-state index contributed by atoms with van der Waals surface area (Å²) in [6.45, 7) is 21.6. The summed E-state index contributed by atoms with van der Waals surface area (Å²) in [5.41, 5.74) is 0. The number of ether oxygens (including phenoxy) is 4. The van der Waals surface area contributed by atoms with Crippen molar-refractivity contribution in [2.45, 2.75) is 106 Å². The zero-order valence-corrected chi connectivity index (χ0v) is 30.1. The number of hydrogen-bond acceptors (Lipinski definition) is 10. The third-order valence-corrected chi connectivity index (χ3v) is 4.23. The lowest BCUT2D eigenvalue weighted by Crippen LogP contribution is -1.99. The molecule has 2 aliphatic rings. The van der Waals surface area contributed by atoms with Gasteiger partial charge in [-0.25, -0.2) is 0 Å². The van der Waals surface area contributed by atoms with Gasteiger partial charge in [0.1, 0.15) is 12.9 Å². The maximum atomic E-state index is 10.2. The van der Waals surface area contributed by atoms with Crippen LogP contribution in [0.1, 0.15) is 106 Å². The molecule has 2 saturated heterocycles. The number of esters is 2. The van der Waals surface area contributed by atoms with Crippen LogP contribution in [0.2, 0.25) is 0 Å². The van der Waals surface area contributed by atoms with Crippen molar-refractivity contribution in [3.8, 4) is 0 Å². The van der Waals surface area contributed by atoms with Gasteiger partial charge >= 0.3 is 11.9 Å². The van der Waals surface area contributed by atoms with E-state index in [9.17, 15) is 9.59 Å². The Morgan fingerprint density at radius 1 is 0.723 bits per heavy atom. The van der Waals surface area contributed by atoms with Crippen LogP contribution in [0.5, 0.6) is 0 Å². The Morgan fingerprint density at radius 2 is 1.09 bits per heavy atom. The quantitative estimate of drug-likeness (QED) is 0.0893. The van der Waals surface area contributed by atoms with Crippen molar-refractivity contribution in [3.05, 3.63) is 37.5 Å². The molecule has 0 aromatic rings. The second-order valence-corrected chi connectivity index (χ2v) is 8.75. The first-order valence-electron chi connectivity index (χ1n) is 15.6. The Hall–Kier alpha value is -2.94. The smallest absolute Gasteiger partial charge is 0.302 e. The van der Waals surface area contributed by atoms with Gasteiger partial charge < -0.3 is 50.0 Å². The summed E-state index contributed by atoms with van der Waals surface area (Å²) in [5, 5.41) is 23.6. The molecule has 2 heterocycles. The second kappa shape index (κ2) is 69.7. The standard InChI is InChI=1S/C7H14O2.C7H12O2.C4H10O2.2C4H8O.C4H6.C2H4O2.C2H4O.2H2O/c2*1-3-4-5-6-9-7(2)8;5-3-1-2-4-6;2*1-2-4-5-3-1;1-3-4-2;1-2(3)4;1-2-3;;/h3-6H2,1-2H3;4-5H,3,6H2,1-2H3;5-6H,1-4H2;2*1-4H2;3-4H,1-2H2;1H3,(H,3,4);2H,1H3;2*1H2/b;5-4+;;;;;;;;. The molecule has 0 aliphatic carbocycles. The molecule has 0 atom stereocenters. The predicted molar refractivity (Wildman–Crippen MR) is 188 cm³/mol. The van der Waals surface area contributed by atoms with E-state index in [0.29, 0.717) is 13.2 Å². The van der Waals surface area contributed by atoms with Crippen molar-refractivity contribution < 1.29 is 64.4 Å². The van der Waals surface area contributed by atoms with Crippen molar-refractivity contribution in [2.24, 2.45) is 0 Å². The molecular weight excluding hydrogens is 616 g/mol. The molecule has 0 aromatic heterocycles. The van der Waals surface area contributed by atoms with Crippen LogP contribution in [0, 0.1) is 0 Å². The fraction of sp³-hybridized carbons (Fsp3) is 0.706. The van der Waals surface area contributed by atoms with Crippen molar-refractivity contribution in [1.29, 1.82) is 0 Å². The van der Waals surface area contributed by atoms with Gasteiger partial charge in [0.15, 0.2) is 0 Å². The Kier molecular flexibility index (Phi) is 93.2. The fourth-order valence-corrected chi connectivity index (χ4v) is 2.21. The highest BCUT2D eigenvalue weighted by Gasteiger charge is 1.95. The Labute approximate surface area is 284 Å². The molecular formula is C34H70O13. The Morgan fingerprint density at radius 3 is 1.30 bits per heavy atom. The van der Waals surface area contributed by atoms with Crippen molar-refractivity contribution in [2.75, 3.05) is 52.9 Å². The van der Waals surface area contributed by atoms with E-state index in [0.717, 1.165) is 71.7 Å². The molecule has 2 fully saturated rings. The molecule has 0 radical (unpaired) electrons. The summed E-state index contributed by atoms with van der Waals surface area (Å²) in [5.74, 6) is -1.23. The SMILES string of the molecule is C1CCOC1.C1CCOC1.C=CC=C.CC(=O)O.CC/C=C/COC(C)=O.CC=O.CCCCCOC(C)=O.O.O.OCCCCO. The lowest BCUT2D eigenvalue weighted by molar-refractivity contribution is -0.141. The summed E-state index contributed by atoms with van der Waals surface area (Å²) in [7, 11) is 0. The number of carboxylic acid groups (broad SMARTS) is 1. The van der Waals surface area contributed by atoms with Crippen molar-refractivity contribution in [3.63, 3.8) is 0 Å². The molecule has 2 rings (SSSR count). The Bertz CT molecular complexity index is 592. The lowest BCUT2D eigenvalue weighted by atomic mass is 10.3. The van der Waals surface area contributed by atoms with Gasteiger partial charge in [0.2, 0.25) is 0 Å². The van der Waals surface area contributed by atoms with E-state index < -0.39 is 5.97 Å². The van der Waals surface area contributed by atoms with E-state index in [1.165, 1.54) is 52.9 Å². The molecule has 2 aliphatic heterocycles. The summed E-state index contributed by atoms with van der Waals surface area (Å²) in [4.78, 5) is 38.1. The fourth-order valence-electron chi connectivity index (χ4n) is 2.21. The van der Waals surface area contributed by atoms with Crippen LogP contribution < -0.4 is 0 Å². The number of carbonyl (C=O) groups excluding carboxylic acids is 3. The first-order chi connectivity index (χ1) is 21.5. The van der Waals surface area contributed by atoms with Gasteiger partial charge in [0.25, 0.3) is 5.97 Å². The van der Waals surface area contributed by atoms with E-state index in [-0.39, 0.29) is 36.1 Å². The van der Waals surface area contributed by atoms with Gasteiger partial charge in [0.05, 0.1) is 6.61 Å². The highest BCUT2D eigenvalue weighted by Crippen LogP contribution is 1.99.